The Bertz CT molecular complexity index is 830. The number of nitrogens with zero attached hydrogens (tertiary/aromatic N) is 2. The second kappa shape index (κ2) is 8.49. The highest BCUT2D eigenvalue weighted by Gasteiger charge is 2.30. The molecule has 5 N–H and O–H groups in total. The molecule has 0 aliphatic rings. The molecule has 0 fully saturated rings. The first-order chi connectivity index (χ1) is 12.7. The number of nitrogens with two attached hydrogens (primary N) is 1. The van der Waals surface area contributed by atoms with Crippen LogP contribution in [0.4, 0.5) is 36.4 Å². The number of carbonyl (C=O) groups excluding carboxylic acids is 1. The molecule has 27 heavy (non-hydrogen) atoms. The summed E-state index contributed by atoms with van der Waals surface area (Å²) in [6, 6.07) is 4.97. The number of benzene rings is 1. The number of aldehydes is 1. The van der Waals surface area contributed by atoms with E-state index in [-0.39, 0.29) is 34.0 Å². The lowest BCUT2D eigenvalue weighted by Crippen LogP contribution is -2.22. The van der Waals surface area contributed by atoms with E-state index in [0.29, 0.717) is 18.5 Å². The first kappa shape index (κ1) is 20.2. The summed E-state index contributed by atoms with van der Waals surface area (Å²) in [6.45, 7) is 2.32. The molecule has 0 saturated heterocycles. The quantitative estimate of drug-likeness (QED) is 0.429. The van der Waals surface area contributed by atoms with Crippen LogP contribution in [0.3, 0.4) is 0 Å². The van der Waals surface area contributed by atoms with Gasteiger partial charge in [0, 0.05) is 12.2 Å². The summed E-state index contributed by atoms with van der Waals surface area (Å²) >= 11 is 5.11. The third-order valence-corrected chi connectivity index (χ3v) is 3.21. The topological polar surface area (TPSA) is 114 Å². The Morgan fingerprint density at radius 3 is 2.48 bits per heavy atom. The molecule has 0 unspecified atom stereocenters. The fourth-order valence-electron chi connectivity index (χ4n) is 1.96. The van der Waals surface area contributed by atoms with E-state index >= 15 is 0 Å². The molecule has 0 aliphatic carbocycles. The van der Waals surface area contributed by atoms with Gasteiger partial charge in [0.15, 0.2) is 11.4 Å². The molecule has 0 amide bonds. The van der Waals surface area contributed by atoms with Crippen LogP contribution in [0.5, 0.6) is 5.75 Å². The number of hydrogen-bond acceptors (Lipinski definition) is 7. The van der Waals surface area contributed by atoms with Gasteiger partial charge in [-0.05, 0) is 43.4 Å². The van der Waals surface area contributed by atoms with Crippen LogP contribution in [0.1, 0.15) is 17.3 Å². The monoisotopic (exact) mass is 400 g/mol. The average molecular weight is 400 g/mol. The zero-order chi connectivity index (χ0) is 20.0. The van der Waals surface area contributed by atoms with Crippen LogP contribution in [-0.2, 0) is 0 Å². The van der Waals surface area contributed by atoms with Gasteiger partial charge in [0.05, 0.1) is 5.56 Å². The zero-order valence-electron chi connectivity index (χ0n) is 13.9. The molecule has 144 valence electrons. The number of thiocarbonyl (C=S) groups is 1. The number of nitrogens with one attached hydrogen (secondary N) is 3. The summed E-state index contributed by atoms with van der Waals surface area (Å²) in [4.78, 5) is 19.1. The molecule has 1 aromatic heterocycles. The summed E-state index contributed by atoms with van der Waals surface area (Å²) in [7, 11) is 0. The Morgan fingerprint density at radius 2 is 1.93 bits per heavy atom. The number of anilines is 4. The highest BCUT2D eigenvalue weighted by molar-refractivity contribution is 7.80. The fourth-order valence-corrected chi connectivity index (χ4v) is 2.17. The van der Waals surface area contributed by atoms with Crippen molar-refractivity contribution in [1.29, 1.82) is 0 Å². The number of halogens is 3. The van der Waals surface area contributed by atoms with Gasteiger partial charge in [-0.3, -0.25) is 4.79 Å². The van der Waals surface area contributed by atoms with Crippen LogP contribution in [0, 0.1) is 0 Å². The molecule has 0 aliphatic heterocycles. The average Bonchev–Trinajstić information content (AvgIpc) is 2.55. The number of alkyl halides is 3. The van der Waals surface area contributed by atoms with Crippen LogP contribution in [-0.4, -0.2) is 34.3 Å². The minimum Gasteiger partial charge on any atom is -0.406 e. The minimum absolute atomic E-state index is 0.0325. The maximum absolute atomic E-state index is 12.1. The highest BCUT2D eigenvalue weighted by atomic mass is 32.1. The Labute approximate surface area is 157 Å². The van der Waals surface area contributed by atoms with Crippen molar-refractivity contribution in [3.05, 3.63) is 29.8 Å². The smallest absolute Gasteiger partial charge is 0.406 e. The largest absolute Gasteiger partial charge is 0.573 e. The number of aromatic nitrogens is 2. The van der Waals surface area contributed by atoms with E-state index in [4.69, 9.17) is 18.0 Å². The van der Waals surface area contributed by atoms with Crippen LogP contribution < -0.4 is 26.4 Å². The van der Waals surface area contributed by atoms with Gasteiger partial charge in [-0.1, -0.05) is 0 Å². The van der Waals surface area contributed by atoms with E-state index in [9.17, 15) is 18.0 Å². The normalized spacial score (nSPS) is 10.8. The first-order valence-corrected chi connectivity index (χ1v) is 7.93. The van der Waals surface area contributed by atoms with E-state index in [1.165, 1.54) is 12.1 Å². The molecule has 2 rings (SSSR count). The Kier molecular flexibility index (Phi) is 6.34. The first-order valence-electron chi connectivity index (χ1n) is 7.52. The van der Waals surface area contributed by atoms with Crippen molar-refractivity contribution < 1.29 is 22.7 Å². The van der Waals surface area contributed by atoms with Crippen molar-refractivity contribution in [2.75, 3.05) is 28.2 Å². The Morgan fingerprint density at radius 1 is 1.26 bits per heavy atom. The van der Waals surface area contributed by atoms with Gasteiger partial charge in [0.1, 0.15) is 17.4 Å². The third-order valence-electron chi connectivity index (χ3n) is 3.01. The summed E-state index contributed by atoms with van der Waals surface area (Å²) in [5.41, 5.74) is 6.26. The molecule has 2 aromatic rings. The molecule has 1 aromatic carbocycles. The van der Waals surface area contributed by atoms with Crippen molar-refractivity contribution in [2.45, 2.75) is 13.3 Å². The zero-order valence-corrected chi connectivity index (χ0v) is 14.7. The molecule has 12 heteroatoms. The SMILES string of the molecule is CCNc1nc(NC(=S)Nc2ccc(OC(F)(F)F)cc2)nc(N)c1C=O. The molecule has 0 atom stereocenters. The van der Waals surface area contributed by atoms with Gasteiger partial charge in [-0.2, -0.15) is 9.97 Å². The molecule has 8 nitrogen and oxygen atoms in total. The molecule has 1 heterocycles. The predicted octanol–water partition coefficient (Wildman–Crippen LogP) is 3.01. The van der Waals surface area contributed by atoms with E-state index in [1.807, 2.05) is 6.92 Å². The molecule has 0 spiro atoms. The predicted molar refractivity (Wildman–Crippen MR) is 99.0 cm³/mol. The van der Waals surface area contributed by atoms with Crippen molar-refractivity contribution >= 4 is 46.9 Å². The number of carbonyl (C=O) groups is 1. The third kappa shape index (κ3) is 5.95. The number of rotatable bonds is 6. The molecule has 0 bridgehead atoms. The summed E-state index contributed by atoms with van der Waals surface area (Å²) in [5, 5.41) is 8.39. The molecular weight excluding hydrogens is 385 g/mol. The van der Waals surface area contributed by atoms with Gasteiger partial charge in [0.2, 0.25) is 5.95 Å². The van der Waals surface area contributed by atoms with Crippen LogP contribution in [0.25, 0.3) is 0 Å². The van der Waals surface area contributed by atoms with E-state index < -0.39 is 6.36 Å². The summed E-state index contributed by atoms with van der Waals surface area (Å²) in [5.74, 6) is -0.0970. The van der Waals surface area contributed by atoms with Gasteiger partial charge in [0.25, 0.3) is 0 Å². The van der Waals surface area contributed by atoms with Crippen molar-refractivity contribution in [3.63, 3.8) is 0 Å². The number of ether oxygens (including phenoxy) is 1. The summed E-state index contributed by atoms with van der Waals surface area (Å²) in [6.07, 6.45) is -4.22. The number of hydrogen-bond donors (Lipinski definition) is 4. The van der Waals surface area contributed by atoms with E-state index in [2.05, 4.69) is 30.7 Å². The van der Waals surface area contributed by atoms with Crippen molar-refractivity contribution in [2.24, 2.45) is 0 Å². The molecular formula is C15H15F3N6O2S. The van der Waals surface area contributed by atoms with Crippen molar-refractivity contribution in [3.8, 4) is 5.75 Å². The van der Waals surface area contributed by atoms with Gasteiger partial charge >= 0.3 is 6.36 Å². The lowest BCUT2D eigenvalue weighted by atomic mass is 10.3. The van der Waals surface area contributed by atoms with E-state index in [1.54, 1.807) is 0 Å². The van der Waals surface area contributed by atoms with E-state index in [0.717, 1.165) is 12.1 Å². The second-order valence-electron chi connectivity index (χ2n) is 4.99. The minimum atomic E-state index is -4.76. The maximum atomic E-state index is 12.1. The van der Waals surface area contributed by atoms with Gasteiger partial charge < -0.3 is 26.4 Å². The lowest BCUT2D eigenvalue weighted by molar-refractivity contribution is -0.274. The Hall–Kier alpha value is -3.15. The van der Waals surface area contributed by atoms with Crippen molar-refractivity contribution in [1.82, 2.24) is 9.97 Å². The van der Waals surface area contributed by atoms with Gasteiger partial charge in [-0.15, -0.1) is 13.2 Å². The maximum Gasteiger partial charge on any atom is 0.573 e. The highest BCUT2D eigenvalue weighted by Crippen LogP contribution is 2.24. The Balaban J connectivity index is 2.06. The fraction of sp³-hybridized carbons (Fsp3) is 0.200. The summed E-state index contributed by atoms with van der Waals surface area (Å²) < 4.78 is 40.2. The van der Waals surface area contributed by atoms with Gasteiger partial charge in [-0.25, -0.2) is 0 Å². The second-order valence-corrected chi connectivity index (χ2v) is 5.40. The van der Waals surface area contributed by atoms with Crippen LogP contribution in [0.15, 0.2) is 24.3 Å². The van der Waals surface area contributed by atoms with Crippen LogP contribution in [0.2, 0.25) is 0 Å². The standard InChI is InChI=1S/C15H15F3N6O2S/c1-2-20-12-10(7-25)11(19)22-13(23-12)24-14(27)21-8-3-5-9(6-4-8)26-15(16,17)18/h3-7H,2H2,1H3,(H5,19,20,21,22,23,24,27). The molecule has 0 radical (unpaired) electrons. The molecule has 0 saturated carbocycles. The van der Waals surface area contributed by atoms with Crippen LogP contribution >= 0.6 is 12.2 Å². The lowest BCUT2D eigenvalue weighted by Gasteiger charge is -2.13. The number of nitrogen functional groups attached to an aromatic ring is 1.